The fourth-order valence-electron chi connectivity index (χ4n) is 0.844. The maximum absolute atomic E-state index is 10.8. The van der Waals surface area contributed by atoms with Gasteiger partial charge in [-0.05, 0) is 6.07 Å². The van der Waals surface area contributed by atoms with Crippen LogP contribution in [0.25, 0.3) is 0 Å². The van der Waals surface area contributed by atoms with Gasteiger partial charge in [-0.2, -0.15) is 0 Å². The third kappa shape index (κ3) is 3.21. The number of halogens is 1. The van der Waals surface area contributed by atoms with Crippen LogP contribution in [-0.2, 0) is 9.59 Å². The average Bonchev–Trinajstić information content (AvgIpc) is 2.18. The quantitative estimate of drug-likeness (QED) is 0.267. The number of rotatable bonds is 2. The van der Waals surface area contributed by atoms with E-state index in [1.807, 2.05) is 0 Å². The number of amides is 1. The standard InChI is InChI=1S/C8H6N2O5.ClH/c9-7(11)8(12)15-6-4-2-1-3-5(6)10(13)14;/h1-4H,(H2,9,11);1H. The minimum absolute atomic E-state index is 0. The zero-order chi connectivity index (χ0) is 11.4. The van der Waals surface area contributed by atoms with Crippen LogP contribution in [0.15, 0.2) is 24.3 Å². The average molecular weight is 247 g/mol. The Bertz CT molecular complexity index is 434. The van der Waals surface area contributed by atoms with Gasteiger partial charge in [0.2, 0.25) is 5.75 Å². The van der Waals surface area contributed by atoms with Crippen LogP contribution in [0, 0.1) is 10.1 Å². The molecule has 2 N–H and O–H groups in total. The number of nitrogens with two attached hydrogens (primary N) is 1. The molecule has 0 atom stereocenters. The number of nitrogens with zero attached hydrogens (tertiary/aromatic N) is 1. The van der Waals surface area contributed by atoms with Crippen molar-refractivity contribution in [1.29, 1.82) is 0 Å². The third-order valence-electron chi connectivity index (χ3n) is 1.47. The van der Waals surface area contributed by atoms with Crippen LogP contribution in [0.2, 0.25) is 0 Å². The number of carbonyl (C=O) groups is 2. The number of esters is 1. The minimum Gasteiger partial charge on any atom is -0.412 e. The van der Waals surface area contributed by atoms with Gasteiger partial charge in [0.15, 0.2) is 0 Å². The van der Waals surface area contributed by atoms with Gasteiger partial charge in [-0.3, -0.25) is 14.9 Å². The lowest BCUT2D eigenvalue weighted by Crippen LogP contribution is -2.27. The first kappa shape index (κ1) is 13.8. The number of benzene rings is 1. The van der Waals surface area contributed by atoms with Gasteiger partial charge in [-0.25, -0.2) is 4.79 Å². The number of carbonyl (C=O) groups excluding carboxylic acids is 2. The van der Waals surface area contributed by atoms with Crippen molar-refractivity contribution < 1.29 is 19.2 Å². The lowest BCUT2D eigenvalue weighted by molar-refractivity contribution is -0.385. The molecule has 7 nitrogen and oxygen atoms in total. The second-order valence-electron chi connectivity index (χ2n) is 2.48. The summed E-state index contributed by atoms with van der Waals surface area (Å²) in [6, 6.07) is 5.17. The number of ether oxygens (including phenoxy) is 1. The molecule has 0 heterocycles. The summed E-state index contributed by atoms with van der Waals surface area (Å²) in [6.45, 7) is 0. The Morgan fingerprint density at radius 3 is 2.38 bits per heavy atom. The molecule has 1 aromatic carbocycles. The van der Waals surface area contributed by atoms with Crippen molar-refractivity contribution in [2.24, 2.45) is 5.73 Å². The Labute approximate surface area is 95.7 Å². The molecule has 1 rings (SSSR count). The van der Waals surface area contributed by atoms with Gasteiger partial charge < -0.3 is 10.5 Å². The van der Waals surface area contributed by atoms with Crippen LogP contribution >= 0.6 is 12.4 Å². The van der Waals surface area contributed by atoms with Crippen molar-refractivity contribution in [3.05, 3.63) is 34.4 Å². The van der Waals surface area contributed by atoms with Crippen LogP contribution in [0.4, 0.5) is 5.69 Å². The van der Waals surface area contributed by atoms with Crippen molar-refractivity contribution in [2.75, 3.05) is 0 Å². The zero-order valence-corrected chi connectivity index (χ0v) is 8.60. The van der Waals surface area contributed by atoms with E-state index in [4.69, 9.17) is 0 Å². The smallest absolute Gasteiger partial charge is 0.402 e. The summed E-state index contributed by atoms with van der Waals surface area (Å²) in [4.78, 5) is 30.9. The van der Waals surface area contributed by atoms with E-state index < -0.39 is 22.5 Å². The van der Waals surface area contributed by atoms with Crippen molar-refractivity contribution in [3.8, 4) is 5.75 Å². The van der Waals surface area contributed by atoms with E-state index in [2.05, 4.69) is 10.5 Å². The van der Waals surface area contributed by atoms with Crippen LogP contribution < -0.4 is 10.5 Å². The predicted octanol–water partition coefficient (Wildman–Crippen LogP) is 0.407. The highest BCUT2D eigenvalue weighted by atomic mass is 35.5. The molecule has 0 aromatic heterocycles. The summed E-state index contributed by atoms with van der Waals surface area (Å²) in [7, 11) is 0. The van der Waals surface area contributed by atoms with E-state index in [9.17, 15) is 19.7 Å². The van der Waals surface area contributed by atoms with Crippen molar-refractivity contribution >= 4 is 30.0 Å². The molecule has 86 valence electrons. The summed E-state index contributed by atoms with van der Waals surface area (Å²) >= 11 is 0. The minimum atomic E-state index is -1.34. The largest absolute Gasteiger partial charge is 0.412 e. The highest BCUT2D eigenvalue weighted by Gasteiger charge is 2.19. The molecule has 0 fully saturated rings. The lowest BCUT2D eigenvalue weighted by atomic mass is 10.3. The second kappa shape index (κ2) is 5.66. The summed E-state index contributed by atoms with van der Waals surface area (Å²) in [5, 5.41) is 10.5. The maximum atomic E-state index is 10.8. The number of primary amides is 1. The number of nitro benzene ring substituents is 1. The van der Waals surface area contributed by atoms with Gasteiger partial charge >= 0.3 is 17.6 Å². The fourth-order valence-corrected chi connectivity index (χ4v) is 0.844. The first-order valence-corrected chi connectivity index (χ1v) is 3.77. The molecular weight excluding hydrogens is 240 g/mol. The Morgan fingerprint density at radius 2 is 1.88 bits per heavy atom. The zero-order valence-electron chi connectivity index (χ0n) is 7.78. The molecule has 0 unspecified atom stereocenters. The molecule has 8 heteroatoms. The molecule has 0 saturated carbocycles. The number of para-hydroxylation sites is 2. The Balaban J connectivity index is 0.00000225. The van der Waals surface area contributed by atoms with Crippen molar-refractivity contribution in [2.45, 2.75) is 0 Å². The molecule has 16 heavy (non-hydrogen) atoms. The first-order chi connectivity index (χ1) is 7.02. The summed E-state index contributed by atoms with van der Waals surface area (Å²) in [6.07, 6.45) is 0. The van der Waals surface area contributed by atoms with Crippen molar-refractivity contribution in [1.82, 2.24) is 0 Å². The van der Waals surface area contributed by atoms with Gasteiger partial charge in [0.25, 0.3) is 0 Å². The van der Waals surface area contributed by atoms with Crippen molar-refractivity contribution in [3.63, 3.8) is 0 Å². The molecule has 0 aliphatic carbocycles. The van der Waals surface area contributed by atoms with Gasteiger partial charge in [-0.15, -0.1) is 12.4 Å². The first-order valence-electron chi connectivity index (χ1n) is 3.77. The van der Waals surface area contributed by atoms with Crippen LogP contribution in [0.3, 0.4) is 0 Å². The third-order valence-corrected chi connectivity index (χ3v) is 1.47. The summed E-state index contributed by atoms with van der Waals surface area (Å²) in [5.41, 5.74) is 4.22. The SMILES string of the molecule is Cl.NC(=O)C(=O)Oc1ccccc1[N+](=O)[O-]. The number of nitro groups is 1. The van der Waals surface area contributed by atoms with Crippen LogP contribution in [-0.4, -0.2) is 16.8 Å². The highest BCUT2D eigenvalue weighted by molar-refractivity contribution is 6.32. The molecule has 0 spiro atoms. The fraction of sp³-hybridized carbons (Fsp3) is 0. The maximum Gasteiger partial charge on any atom is 0.402 e. The number of hydrogen-bond donors (Lipinski definition) is 1. The van der Waals surface area contributed by atoms with Gasteiger partial charge in [0, 0.05) is 6.07 Å². The summed E-state index contributed by atoms with van der Waals surface area (Å²) in [5.74, 6) is -2.97. The molecular formula is C8H7ClN2O5. The highest BCUT2D eigenvalue weighted by Crippen LogP contribution is 2.25. The Morgan fingerprint density at radius 1 is 1.31 bits per heavy atom. The molecule has 1 aromatic rings. The molecule has 0 saturated heterocycles. The molecule has 0 bridgehead atoms. The normalized spacial score (nSPS) is 8.75. The van der Waals surface area contributed by atoms with Crippen LogP contribution in [0.1, 0.15) is 0 Å². The summed E-state index contributed by atoms with van der Waals surface area (Å²) < 4.78 is 4.41. The van der Waals surface area contributed by atoms with Crippen LogP contribution in [0.5, 0.6) is 5.75 Å². The van der Waals surface area contributed by atoms with E-state index in [1.54, 1.807) is 0 Å². The topological polar surface area (TPSA) is 113 Å². The van der Waals surface area contributed by atoms with E-state index in [0.29, 0.717) is 0 Å². The Kier molecular flexibility index (Phi) is 4.90. The monoisotopic (exact) mass is 246 g/mol. The second-order valence-corrected chi connectivity index (χ2v) is 2.48. The number of hydrogen-bond acceptors (Lipinski definition) is 5. The van der Waals surface area contributed by atoms with E-state index in [-0.39, 0.29) is 18.2 Å². The molecule has 0 radical (unpaired) electrons. The van der Waals surface area contributed by atoms with Gasteiger partial charge in [0.05, 0.1) is 4.92 Å². The Hall–Kier alpha value is -2.15. The molecule has 1 amide bonds. The van der Waals surface area contributed by atoms with E-state index in [1.165, 1.54) is 18.2 Å². The van der Waals surface area contributed by atoms with E-state index >= 15 is 0 Å². The molecule has 0 aliphatic heterocycles. The molecule has 0 aliphatic rings. The predicted molar refractivity (Wildman–Crippen MR) is 55.2 cm³/mol. The lowest BCUT2D eigenvalue weighted by Gasteiger charge is -2.01. The van der Waals surface area contributed by atoms with Gasteiger partial charge in [0.1, 0.15) is 0 Å². The van der Waals surface area contributed by atoms with E-state index in [0.717, 1.165) is 6.07 Å². The van der Waals surface area contributed by atoms with Gasteiger partial charge in [-0.1, -0.05) is 12.1 Å².